The Balaban J connectivity index is 1.54. The number of hydrogen-bond donors (Lipinski definition) is 4. The zero-order valence-corrected chi connectivity index (χ0v) is 19.0. The molecule has 0 saturated carbocycles. The van der Waals surface area contributed by atoms with E-state index in [-0.39, 0.29) is 31.0 Å². The number of amides is 1. The molecule has 11 heteroatoms. The summed E-state index contributed by atoms with van der Waals surface area (Å²) in [6.45, 7) is 0.454. The average Bonchev–Trinajstić information content (AvgIpc) is 3.19. The summed E-state index contributed by atoms with van der Waals surface area (Å²) in [5.74, 6) is -0.270. The number of H-pyrrole nitrogens is 1. The molecule has 4 rings (SSSR count). The number of nitrogens with zero attached hydrogens (tertiary/aromatic N) is 3. The second-order valence-corrected chi connectivity index (χ2v) is 8.07. The van der Waals surface area contributed by atoms with E-state index in [1.54, 1.807) is 35.9 Å². The first-order chi connectivity index (χ1) is 16.4. The van der Waals surface area contributed by atoms with Crippen molar-refractivity contribution in [1.82, 2.24) is 24.9 Å². The summed E-state index contributed by atoms with van der Waals surface area (Å²) < 4.78 is 6.84. The summed E-state index contributed by atoms with van der Waals surface area (Å²) in [6.07, 6.45) is 2.32. The van der Waals surface area contributed by atoms with Crippen molar-refractivity contribution in [3.05, 3.63) is 81.0 Å². The SMILES string of the molecule is COCc1cc(-c2c[nH]c(=O)c(C(=O)NCC[C@H](O)c3ccc(Cl)cc3)c2)n2ncnc(N)c12. The first-order valence-electron chi connectivity index (χ1n) is 10.4. The van der Waals surface area contributed by atoms with Gasteiger partial charge >= 0.3 is 0 Å². The lowest BCUT2D eigenvalue weighted by atomic mass is 10.1. The number of benzene rings is 1. The predicted octanol–water partition coefficient (Wildman–Crippen LogP) is 2.32. The first-order valence-corrected chi connectivity index (χ1v) is 10.8. The van der Waals surface area contributed by atoms with Crippen LogP contribution in [0.15, 0.2) is 53.7 Å². The molecule has 3 aromatic heterocycles. The van der Waals surface area contributed by atoms with E-state index >= 15 is 0 Å². The third-order valence-electron chi connectivity index (χ3n) is 5.36. The number of rotatable bonds is 8. The van der Waals surface area contributed by atoms with Crippen molar-refractivity contribution >= 4 is 28.8 Å². The molecule has 0 aliphatic rings. The molecule has 1 aromatic carbocycles. The summed E-state index contributed by atoms with van der Waals surface area (Å²) in [6, 6.07) is 10.1. The second-order valence-electron chi connectivity index (χ2n) is 7.64. The van der Waals surface area contributed by atoms with E-state index in [1.807, 2.05) is 6.07 Å². The van der Waals surface area contributed by atoms with Gasteiger partial charge in [0.1, 0.15) is 17.4 Å². The van der Waals surface area contributed by atoms with Crippen molar-refractivity contribution in [3.8, 4) is 11.3 Å². The number of methoxy groups -OCH3 is 1. The number of pyridine rings is 1. The number of nitrogens with one attached hydrogen (secondary N) is 2. The number of carbonyl (C=O) groups is 1. The topological polar surface area (TPSA) is 148 Å². The lowest BCUT2D eigenvalue weighted by Gasteiger charge is -2.12. The van der Waals surface area contributed by atoms with Gasteiger partial charge < -0.3 is 25.9 Å². The Morgan fingerprint density at radius 3 is 2.82 bits per heavy atom. The van der Waals surface area contributed by atoms with E-state index < -0.39 is 17.6 Å². The lowest BCUT2D eigenvalue weighted by molar-refractivity contribution is 0.0941. The normalized spacial score (nSPS) is 12.1. The molecule has 3 heterocycles. The third-order valence-corrected chi connectivity index (χ3v) is 5.62. The van der Waals surface area contributed by atoms with Gasteiger partial charge in [0.15, 0.2) is 5.82 Å². The van der Waals surface area contributed by atoms with Gasteiger partial charge in [-0.3, -0.25) is 9.59 Å². The van der Waals surface area contributed by atoms with Gasteiger partial charge in [-0.1, -0.05) is 23.7 Å². The van der Waals surface area contributed by atoms with Crippen LogP contribution in [0.5, 0.6) is 0 Å². The predicted molar refractivity (Wildman–Crippen MR) is 128 cm³/mol. The standard InChI is InChI=1S/C23H23ClN6O4/c1-34-11-15-9-18(30-20(15)21(25)28-12-29-30)14-8-17(23(33)27-10-14)22(32)26-7-6-19(31)13-2-4-16(24)5-3-13/h2-5,8-10,12,19,31H,6-7,11H2,1H3,(H,26,32)(H,27,33)(H2,25,28,29)/t19-/m0/s1. The summed E-state index contributed by atoms with van der Waals surface area (Å²) in [7, 11) is 1.56. The third kappa shape index (κ3) is 4.79. The first kappa shape index (κ1) is 23.4. The maximum absolute atomic E-state index is 12.7. The fourth-order valence-electron chi connectivity index (χ4n) is 3.69. The van der Waals surface area contributed by atoms with Gasteiger partial charge in [-0.25, -0.2) is 9.50 Å². The van der Waals surface area contributed by atoms with Crippen LogP contribution in [0.25, 0.3) is 16.8 Å². The Morgan fingerprint density at radius 2 is 2.09 bits per heavy atom. The Kier molecular flexibility index (Phi) is 6.92. The summed E-state index contributed by atoms with van der Waals surface area (Å²) in [5, 5.41) is 17.8. The minimum Gasteiger partial charge on any atom is -0.388 e. The zero-order valence-electron chi connectivity index (χ0n) is 18.3. The molecule has 1 atom stereocenters. The van der Waals surface area contributed by atoms with Crippen molar-refractivity contribution in [3.63, 3.8) is 0 Å². The molecule has 0 fully saturated rings. The molecule has 176 valence electrons. The highest BCUT2D eigenvalue weighted by Gasteiger charge is 2.18. The molecule has 0 saturated heterocycles. The molecule has 0 aliphatic heterocycles. The van der Waals surface area contributed by atoms with Crippen molar-refractivity contribution in [2.45, 2.75) is 19.1 Å². The Hall–Kier alpha value is -3.73. The van der Waals surface area contributed by atoms with E-state index in [9.17, 15) is 14.7 Å². The van der Waals surface area contributed by atoms with Crippen molar-refractivity contribution in [1.29, 1.82) is 0 Å². The number of hydrogen-bond acceptors (Lipinski definition) is 7. The molecule has 4 aromatic rings. The largest absolute Gasteiger partial charge is 0.388 e. The van der Waals surface area contributed by atoms with E-state index in [2.05, 4.69) is 20.4 Å². The van der Waals surface area contributed by atoms with Gasteiger partial charge in [0.25, 0.3) is 11.5 Å². The minimum atomic E-state index is -0.779. The zero-order chi connectivity index (χ0) is 24.2. The van der Waals surface area contributed by atoms with Crippen LogP contribution >= 0.6 is 11.6 Å². The van der Waals surface area contributed by atoms with Crippen LogP contribution in [0.3, 0.4) is 0 Å². The van der Waals surface area contributed by atoms with Crippen LogP contribution in [0.4, 0.5) is 5.82 Å². The number of halogens is 1. The number of nitrogen functional groups attached to an aromatic ring is 1. The summed E-state index contributed by atoms with van der Waals surface area (Å²) in [4.78, 5) is 31.7. The molecule has 34 heavy (non-hydrogen) atoms. The second kappa shape index (κ2) is 10.0. The number of carbonyl (C=O) groups excluding carboxylic acids is 1. The smallest absolute Gasteiger partial charge is 0.260 e. The molecule has 0 spiro atoms. The molecular weight excluding hydrogens is 460 g/mol. The van der Waals surface area contributed by atoms with Gasteiger partial charge in [-0.15, -0.1) is 0 Å². The maximum Gasteiger partial charge on any atom is 0.260 e. The Labute approximate surface area is 199 Å². The number of fused-ring (bicyclic) bond motifs is 1. The summed E-state index contributed by atoms with van der Waals surface area (Å²) >= 11 is 5.87. The van der Waals surface area contributed by atoms with Gasteiger partial charge in [0, 0.05) is 36.0 Å². The number of aliphatic hydroxyl groups is 1. The highest BCUT2D eigenvalue weighted by Crippen LogP contribution is 2.28. The fraction of sp³-hybridized carbons (Fsp3) is 0.217. The number of ether oxygens (including phenoxy) is 1. The van der Waals surface area contributed by atoms with Crippen LogP contribution in [-0.4, -0.2) is 44.3 Å². The molecule has 0 radical (unpaired) electrons. The lowest BCUT2D eigenvalue weighted by Crippen LogP contribution is -2.30. The van der Waals surface area contributed by atoms with Crippen LogP contribution in [0.2, 0.25) is 5.02 Å². The maximum atomic E-state index is 12.7. The quantitative estimate of drug-likeness (QED) is 0.301. The Bertz CT molecular complexity index is 1380. The number of nitrogens with two attached hydrogens (primary N) is 1. The number of anilines is 1. The van der Waals surface area contributed by atoms with Crippen molar-refractivity contribution in [2.24, 2.45) is 0 Å². The molecule has 10 nitrogen and oxygen atoms in total. The van der Waals surface area contributed by atoms with E-state index in [1.165, 1.54) is 18.6 Å². The number of aromatic amines is 1. The molecule has 0 bridgehead atoms. The molecule has 1 amide bonds. The molecular formula is C23H23ClN6O4. The van der Waals surface area contributed by atoms with Crippen LogP contribution in [0, 0.1) is 0 Å². The minimum absolute atomic E-state index is 0.0660. The van der Waals surface area contributed by atoms with E-state index in [0.717, 1.165) is 5.56 Å². The number of aliphatic hydroxyl groups excluding tert-OH is 1. The Morgan fingerprint density at radius 1 is 1.32 bits per heavy atom. The monoisotopic (exact) mass is 482 g/mol. The number of aromatic nitrogens is 4. The van der Waals surface area contributed by atoms with Crippen molar-refractivity contribution < 1.29 is 14.6 Å². The van der Waals surface area contributed by atoms with Crippen molar-refractivity contribution in [2.75, 3.05) is 19.4 Å². The molecule has 5 N–H and O–H groups in total. The van der Waals surface area contributed by atoms with Crippen LogP contribution in [0.1, 0.15) is 34.0 Å². The van der Waals surface area contributed by atoms with Crippen LogP contribution < -0.4 is 16.6 Å². The van der Waals surface area contributed by atoms with Gasteiger partial charge in [-0.2, -0.15) is 5.10 Å². The highest BCUT2D eigenvalue weighted by molar-refractivity contribution is 6.30. The van der Waals surface area contributed by atoms with Gasteiger partial charge in [-0.05, 0) is 36.2 Å². The van der Waals surface area contributed by atoms with E-state index in [4.69, 9.17) is 22.1 Å². The highest BCUT2D eigenvalue weighted by atomic mass is 35.5. The fourth-order valence-corrected chi connectivity index (χ4v) is 3.81. The van der Waals surface area contributed by atoms with E-state index in [0.29, 0.717) is 27.4 Å². The molecule has 0 unspecified atom stereocenters. The average molecular weight is 483 g/mol. The van der Waals surface area contributed by atoms with Gasteiger partial charge in [0.2, 0.25) is 0 Å². The summed E-state index contributed by atoms with van der Waals surface area (Å²) in [5.41, 5.74) is 8.64. The van der Waals surface area contributed by atoms with Crippen LogP contribution in [-0.2, 0) is 11.3 Å². The van der Waals surface area contributed by atoms with Gasteiger partial charge in [0.05, 0.1) is 18.4 Å². The molecule has 0 aliphatic carbocycles.